The highest BCUT2D eigenvalue weighted by Gasteiger charge is 2.29. The summed E-state index contributed by atoms with van der Waals surface area (Å²) in [5, 5.41) is 3.67. The first-order valence-electron chi connectivity index (χ1n) is 11.8. The number of hydrogen-bond acceptors (Lipinski definition) is 8. The van der Waals surface area contributed by atoms with E-state index in [4.69, 9.17) is 22.1 Å². The summed E-state index contributed by atoms with van der Waals surface area (Å²) >= 11 is 5.86. The zero-order chi connectivity index (χ0) is 28.0. The van der Waals surface area contributed by atoms with Crippen LogP contribution in [0, 0.1) is 17.6 Å². The van der Waals surface area contributed by atoms with Gasteiger partial charge in [0.2, 0.25) is 11.8 Å². The van der Waals surface area contributed by atoms with Gasteiger partial charge in [0.05, 0.1) is 36.7 Å². The highest BCUT2D eigenvalue weighted by atomic mass is 35.5. The zero-order valence-corrected chi connectivity index (χ0v) is 21.7. The number of fused-ring (bicyclic) bond motifs is 1. The fraction of sp³-hybridized carbons (Fsp3) is 0.333. The van der Waals surface area contributed by atoms with Crippen molar-refractivity contribution in [1.82, 2.24) is 28.9 Å². The monoisotopic (exact) mass is 560 g/mol. The van der Waals surface area contributed by atoms with Gasteiger partial charge in [0.15, 0.2) is 17.5 Å². The molecule has 1 atom stereocenters. The number of rotatable bonds is 7. The van der Waals surface area contributed by atoms with E-state index in [-0.39, 0.29) is 47.2 Å². The maximum Gasteiger partial charge on any atom is 0.332 e. The molecule has 39 heavy (non-hydrogen) atoms. The summed E-state index contributed by atoms with van der Waals surface area (Å²) in [5.41, 5.74) is 4.33. The number of methoxy groups -OCH3 is 1. The summed E-state index contributed by atoms with van der Waals surface area (Å²) in [5.74, 6) is -2.73. The Morgan fingerprint density at radius 3 is 2.59 bits per heavy atom. The lowest BCUT2D eigenvalue weighted by atomic mass is 10.1. The van der Waals surface area contributed by atoms with Gasteiger partial charge in [-0.05, 0) is 24.1 Å². The smallest absolute Gasteiger partial charge is 0.332 e. The molecule has 2 N–H and O–H groups in total. The number of amides is 1. The minimum absolute atomic E-state index is 0.0175. The van der Waals surface area contributed by atoms with Crippen molar-refractivity contribution in [1.29, 1.82) is 0 Å². The number of anilines is 1. The van der Waals surface area contributed by atoms with Crippen LogP contribution in [0.4, 0.5) is 14.6 Å². The Morgan fingerprint density at radius 2 is 1.97 bits per heavy atom. The molecule has 15 heteroatoms. The van der Waals surface area contributed by atoms with Gasteiger partial charge in [0, 0.05) is 26.2 Å². The van der Waals surface area contributed by atoms with Crippen molar-refractivity contribution in [3.63, 3.8) is 0 Å². The van der Waals surface area contributed by atoms with E-state index >= 15 is 0 Å². The summed E-state index contributed by atoms with van der Waals surface area (Å²) < 4.78 is 37.1. The summed E-state index contributed by atoms with van der Waals surface area (Å²) in [7, 11) is 2.97. The summed E-state index contributed by atoms with van der Waals surface area (Å²) in [6.07, 6.45) is 1.93. The van der Waals surface area contributed by atoms with Gasteiger partial charge in [0.25, 0.3) is 5.56 Å². The first-order chi connectivity index (χ1) is 18.6. The molecule has 1 amide bonds. The third-order valence-electron chi connectivity index (χ3n) is 6.60. The van der Waals surface area contributed by atoms with E-state index in [9.17, 15) is 23.2 Å². The molecule has 12 nitrogen and oxygen atoms in total. The predicted molar refractivity (Wildman–Crippen MR) is 137 cm³/mol. The molecule has 0 unspecified atom stereocenters. The standard InChI is InChI=1S/C24H23ClF2N8O4/c1-32-11-29-17(31-32)10-35-23(37)19-16(34(24(35)38)8-12-5-14(25)20(27)15(26)6-12)7-18(30-22(19)39-2)33-4-3-13(9-33)21(28)36/h5-7,11,13H,3-4,8-10H2,1-2H3,(H2,28,36)/t13-/m1/s1. The molecule has 0 aliphatic carbocycles. The van der Waals surface area contributed by atoms with Gasteiger partial charge in [0.1, 0.15) is 17.5 Å². The van der Waals surface area contributed by atoms with E-state index < -0.39 is 33.8 Å². The van der Waals surface area contributed by atoms with Gasteiger partial charge < -0.3 is 15.4 Å². The van der Waals surface area contributed by atoms with Gasteiger partial charge in [-0.1, -0.05) is 11.6 Å². The topological polar surface area (TPSA) is 143 Å². The van der Waals surface area contributed by atoms with Gasteiger partial charge in [-0.2, -0.15) is 10.1 Å². The maximum atomic E-state index is 14.2. The molecule has 204 valence electrons. The van der Waals surface area contributed by atoms with Gasteiger partial charge in [-0.15, -0.1) is 0 Å². The molecule has 0 bridgehead atoms. The van der Waals surface area contributed by atoms with Crippen LogP contribution in [0.5, 0.6) is 5.88 Å². The third-order valence-corrected chi connectivity index (χ3v) is 6.88. The minimum Gasteiger partial charge on any atom is -0.480 e. The largest absolute Gasteiger partial charge is 0.480 e. The summed E-state index contributed by atoms with van der Waals surface area (Å²) in [6, 6.07) is 3.65. The predicted octanol–water partition coefficient (Wildman–Crippen LogP) is 1.04. The number of hydrogen-bond donors (Lipinski definition) is 1. The number of benzene rings is 1. The minimum atomic E-state index is -1.21. The first-order valence-corrected chi connectivity index (χ1v) is 12.2. The number of nitrogens with zero attached hydrogens (tertiary/aromatic N) is 7. The fourth-order valence-corrected chi connectivity index (χ4v) is 4.89. The molecule has 1 saturated heterocycles. The molecule has 4 heterocycles. The fourth-order valence-electron chi connectivity index (χ4n) is 4.66. The van der Waals surface area contributed by atoms with E-state index in [1.807, 2.05) is 0 Å². The average molecular weight is 561 g/mol. The summed E-state index contributed by atoms with van der Waals surface area (Å²) in [4.78, 5) is 49.5. The van der Waals surface area contributed by atoms with E-state index in [0.29, 0.717) is 25.3 Å². The quantitative estimate of drug-likeness (QED) is 0.330. The number of ether oxygens (including phenoxy) is 1. The third kappa shape index (κ3) is 4.82. The van der Waals surface area contributed by atoms with Crippen molar-refractivity contribution >= 4 is 34.2 Å². The van der Waals surface area contributed by atoms with E-state index in [1.54, 1.807) is 11.9 Å². The van der Waals surface area contributed by atoms with E-state index in [2.05, 4.69) is 15.1 Å². The number of pyridine rings is 1. The molecule has 0 radical (unpaired) electrons. The van der Waals surface area contributed by atoms with Crippen molar-refractivity contribution in [2.75, 3.05) is 25.1 Å². The normalized spacial score (nSPS) is 15.3. The second-order valence-electron chi connectivity index (χ2n) is 9.19. The van der Waals surface area contributed by atoms with Crippen LogP contribution in [0.3, 0.4) is 0 Å². The first kappa shape index (κ1) is 26.3. The highest BCUT2D eigenvalue weighted by Crippen LogP contribution is 2.29. The van der Waals surface area contributed by atoms with Crippen LogP contribution in [0.2, 0.25) is 5.02 Å². The van der Waals surface area contributed by atoms with Gasteiger partial charge in [-0.3, -0.25) is 23.4 Å². The molecule has 1 aliphatic rings. The SMILES string of the molecule is COc1nc(N2CC[C@@H](C(N)=O)C2)cc2c1c(=O)n(Cc1ncn(C)n1)c(=O)n2Cc1cc(F)c(F)c(Cl)c1. The maximum absolute atomic E-state index is 14.2. The molecule has 0 saturated carbocycles. The second-order valence-corrected chi connectivity index (χ2v) is 9.59. The summed E-state index contributed by atoms with van der Waals surface area (Å²) in [6.45, 7) is 0.228. The lowest BCUT2D eigenvalue weighted by molar-refractivity contribution is -0.121. The molecule has 4 aromatic rings. The molecule has 1 aliphatic heterocycles. The molecular weight excluding hydrogens is 538 g/mol. The van der Waals surface area contributed by atoms with Crippen LogP contribution < -0.4 is 26.6 Å². The number of aromatic nitrogens is 6. The van der Waals surface area contributed by atoms with Gasteiger partial charge >= 0.3 is 5.69 Å². The van der Waals surface area contributed by atoms with Gasteiger partial charge in [-0.25, -0.2) is 18.6 Å². The average Bonchev–Trinajstić information content (AvgIpc) is 3.56. The van der Waals surface area contributed by atoms with Crippen molar-refractivity contribution in [3.8, 4) is 5.88 Å². The van der Waals surface area contributed by atoms with Crippen LogP contribution in [-0.2, 0) is 24.9 Å². The van der Waals surface area contributed by atoms with Crippen molar-refractivity contribution in [2.45, 2.75) is 19.5 Å². The number of nitrogens with two attached hydrogens (primary N) is 1. The van der Waals surface area contributed by atoms with Crippen LogP contribution >= 0.6 is 11.6 Å². The van der Waals surface area contributed by atoms with Crippen LogP contribution in [0.15, 0.2) is 34.1 Å². The van der Waals surface area contributed by atoms with Crippen LogP contribution in [-0.4, -0.2) is 55.0 Å². The Labute approximate surface area is 224 Å². The number of primary amides is 1. The Balaban J connectivity index is 1.74. The molecule has 3 aromatic heterocycles. The number of carbonyl (C=O) groups excluding carboxylic acids is 1. The molecule has 1 aromatic carbocycles. The molecular formula is C24H23ClF2N8O4. The molecule has 1 fully saturated rings. The van der Waals surface area contributed by atoms with Crippen molar-refractivity contribution in [3.05, 3.63) is 73.4 Å². The second kappa shape index (κ2) is 10.1. The van der Waals surface area contributed by atoms with Crippen molar-refractivity contribution < 1.29 is 18.3 Å². The van der Waals surface area contributed by atoms with Crippen LogP contribution in [0.1, 0.15) is 17.8 Å². The van der Waals surface area contributed by atoms with E-state index in [1.165, 1.54) is 34.8 Å². The molecule has 0 spiro atoms. The highest BCUT2D eigenvalue weighted by molar-refractivity contribution is 6.30. The molecule has 5 rings (SSSR count). The van der Waals surface area contributed by atoms with E-state index in [0.717, 1.165) is 10.6 Å². The van der Waals surface area contributed by atoms with Crippen molar-refractivity contribution in [2.24, 2.45) is 18.7 Å². The lowest BCUT2D eigenvalue weighted by Gasteiger charge is -2.21. The Kier molecular flexibility index (Phi) is 6.80. The Morgan fingerprint density at radius 1 is 1.21 bits per heavy atom. The van der Waals surface area contributed by atoms with Crippen LogP contribution in [0.25, 0.3) is 10.9 Å². The zero-order valence-electron chi connectivity index (χ0n) is 20.9. The number of halogens is 3. The number of aryl methyl sites for hydroxylation is 1. The Hall–Kier alpha value is -4.33. The Bertz CT molecular complexity index is 1710. The lowest BCUT2D eigenvalue weighted by Crippen LogP contribution is -2.41. The number of carbonyl (C=O) groups is 1.